The van der Waals surface area contributed by atoms with E-state index in [0.29, 0.717) is 41.6 Å². The van der Waals surface area contributed by atoms with Gasteiger partial charge in [0, 0.05) is 36.2 Å². The van der Waals surface area contributed by atoms with Crippen LogP contribution in [0.4, 0.5) is 4.39 Å². The predicted molar refractivity (Wildman–Crippen MR) is 163 cm³/mol. The molecule has 218 valence electrons. The van der Waals surface area contributed by atoms with Crippen molar-refractivity contribution in [3.63, 3.8) is 0 Å². The summed E-state index contributed by atoms with van der Waals surface area (Å²) in [6, 6.07) is 22.9. The normalized spacial score (nSPS) is 17.2. The Kier molecular flexibility index (Phi) is 9.63. The number of nitrogens with zero attached hydrogens (tertiary/aromatic N) is 2. The van der Waals surface area contributed by atoms with Crippen LogP contribution in [0.5, 0.6) is 5.75 Å². The minimum Gasteiger partial charge on any atom is -0.497 e. The Hall–Kier alpha value is -4.06. The second-order valence-electron chi connectivity index (χ2n) is 11.5. The quantitative estimate of drug-likeness (QED) is 0.173. The van der Waals surface area contributed by atoms with Crippen LogP contribution in [0.15, 0.2) is 79.0 Å². The number of carbonyl (C=O) groups is 2. The van der Waals surface area contributed by atoms with Crippen molar-refractivity contribution in [2.24, 2.45) is 11.8 Å². The molecular formula is C36H39FN2O3. The lowest BCUT2D eigenvalue weighted by atomic mass is 9.90. The molecule has 1 heterocycles. The number of benzene rings is 3. The van der Waals surface area contributed by atoms with Gasteiger partial charge in [0.25, 0.3) is 0 Å². The molecule has 1 fully saturated rings. The Morgan fingerprint density at radius 3 is 2.62 bits per heavy atom. The molecule has 1 aliphatic carbocycles. The van der Waals surface area contributed by atoms with E-state index in [1.54, 1.807) is 26.2 Å². The summed E-state index contributed by atoms with van der Waals surface area (Å²) in [6.45, 7) is 1.74. The Labute approximate surface area is 247 Å². The number of ether oxygens (including phenoxy) is 1. The molecule has 6 heteroatoms. The number of halogens is 1. The minimum absolute atomic E-state index is 0.0868. The first-order valence-electron chi connectivity index (χ1n) is 15.0. The summed E-state index contributed by atoms with van der Waals surface area (Å²) < 4.78 is 21.2. The van der Waals surface area contributed by atoms with E-state index in [2.05, 4.69) is 6.07 Å². The zero-order chi connectivity index (χ0) is 29.5. The lowest BCUT2D eigenvalue weighted by Gasteiger charge is -2.15. The fourth-order valence-electron chi connectivity index (χ4n) is 5.98. The number of ketones is 2. The van der Waals surface area contributed by atoms with Gasteiger partial charge in [0.05, 0.1) is 19.2 Å². The van der Waals surface area contributed by atoms with Gasteiger partial charge in [-0.15, -0.1) is 0 Å². The van der Waals surface area contributed by atoms with Gasteiger partial charge >= 0.3 is 0 Å². The Morgan fingerprint density at radius 1 is 1.00 bits per heavy atom. The summed E-state index contributed by atoms with van der Waals surface area (Å²) >= 11 is 0. The molecule has 0 saturated heterocycles. The number of imidazole rings is 1. The highest BCUT2D eigenvalue weighted by atomic mass is 19.1. The van der Waals surface area contributed by atoms with E-state index in [1.165, 1.54) is 11.6 Å². The largest absolute Gasteiger partial charge is 0.497 e. The van der Waals surface area contributed by atoms with Crippen molar-refractivity contribution < 1.29 is 18.7 Å². The maximum Gasteiger partial charge on any atom is 0.140 e. The molecule has 4 aromatic rings. The van der Waals surface area contributed by atoms with Crippen LogP contribution in [0.3, 0.4) is 0 Å². The number of methoxy groups -OCH3 is 1. The van der Waals surface area contributed by atoms with Crippen LogP contribution >= 0.6 is 0 Å². The first-order valence-corrected chi connectivity index (χ1v) is 15.0. The SMILES string of the molecule is COc1cccc(CCC2CCC(CCC(=O)Cc3nc(-c4ccc(F)c(C)c4)cn3-c3ccccc3)CCC2=O)c1. The molecule has 42 heavy (non-hydrogen) atoms. The fraction of sp³-hybridized carbons (Fsp3) is 0.361. The smallest absolute Gasteiger partial charge is 0.140 e. The molecule has 1 aromatic heterocycles. The third-order valence-corrected chi connectivity index (χ3v) is 8.55. The van der Waals surface area contributed by atoms with Crippen molar-refractivity contribution in [3.05, 3.63) is 102 Å². The molecule has 0 aliphatic heterocycles. The molecule has 0 amide bonds. The van der Waals surface area contributed by atoms with Crippen molar-refractivity contribution in [2.75, 3.05) is 7.11 Å². The molecular weight excluding hydrogens is 527 g/mol. The van der Waals surface area contributed by atoms with Crippen LogP contribution < -0.4 is 4.74 Å². The average molecular weight is 567 g/mol. The highest BCUT2D eigenvalue weighted by Gasteiger charge is 2.26. The monoisotopic (exact) mass is 566 g/mol. The number of aromatic nitrogens is 2. The second-order valence-corrected chi connectivity index (χ2v) is 11.5. The third-order valence-electron chi connectivity index (χ3n) is 8.55. The number of hydrogen-bond donors (Lipinski definition) is 0. The number of Topliss-reactive ketones (excluding diaryl/α,β-unsaturated/α-hetero) is 2. The van der Waals surface area contributed by atoms with E-state index in [1.807, 2.05) is 59.3 Å². The maximum absolute atomic E-state index is 13.9. The molecule has 1 aliphatic rings. The van der Waals surface area contributed by atoms with Crippen molar-refractivity contribution in [1.29, 1.82) is 0 Å². The zero-order valence-electron chi connectivity index (χ0n) is 24.5. The van der Waals surface area contributed by atoms with E-state index in [4.69, 9.17) is 9.72 Å². The van der Waals surface area contributed by atoms with Gasteiger partial charge in [-0.05, 0) is 105 Å². The number of carbonyl (C=O) groups excluding carboxylic acids is 2. The summed E-state index contributed by atoms with van der Waals surface area (Å²) in [5.41, 5.74) is 4.22. The molecule has 5 rings (SSSR count). The summed E-state index contributed by atoms with van der Waals surface area (Å²) in [4.78, 5) is 30.9. The van der Waals surface area contributed by atoms with Crippen LogP contribution in [0, 0.1) is 24.6 Å². The lowest BCUT2D eigenvalue weighted by Crippen LogP contribution is -2.13. The summed E-state index contributed by atoms with van der Waals surface area (Å²) in [6.07, 6.45) is 8.46. The highest BCUT2D eigenvalue weighted by molar-refractivity contribution is 5.82. The Morgan fingerprint density at radius 2 is 1.83 bits per heavy atom. The van der Waals surface area contributed by atoms with E-state index in [0.717, 1.165) is 55.5 Å². The minimum atomic E-state index is -0.250. The Bertz CT molecular complexity index is 1530. The van der Waals surface area contributed by atoms with Crippen LogP contribution in [-0.4, -0.2) is 28.2 Å². The van der Waals surface area contributed by atoms with Gasteiger partial charge in [-0.2, -0.15) is 0 Å². The van der Waals surface area contributed by atoms with Crippen LogP contribution in [0.1, 0.15) is 61.9 Å². The third kappa shape index (κ3) is 7.41. The molecule has 3 aromatic carbocycles. The first-order chi connectivity index (χ1) is 20.4. The van der Waals surface area contributed by atoms with Crippen molar-refractivity contribution in [3.8, 4) is 22.7 Å². The summed E-state index contributed by atoms with van der Waals surface area (Å²) in [5, 5.41) is 0. The van der Waals surface area contributed by atoms with Crippen LogP contribution in [0.25, 0.3) is 16.9 Å². The van der Waals surface area contributed by atoms with Gasteiger partial charge in [0.1, 0.15) is 29.0 Å². The highest BCUT2D eigenvalue weighted by Crippen LogP contribution is 2.31. The standard InChI is InChI=1S/C36H39FN2O3/c1-25-21-29(17-19-33(25)37)34-24-39(30-8-4-3-5-9-30)36(38-34)23-31(40)18-13-26-11-15-28(35(41)20-14-26)16-12-27-7-6-10-32(22-27)42-2/h3-10,17,19,21-22,24,26,28H,11-16,18,20,23H2,1-2H3. The van der Waals surface area contributed by atoms with E-state index in [-0.39, 0.29) is 23.9 Å². The second kappa shape index (κ2) is 13.7. The van der Waals surface area contributed by atoms with Crippen molar-refractivity contribution in [2.45, 2.75) is 64.7 Å². The molecule has 0 N–H and O–H groups in total. The molecule has 0 radical (unpaired) electrons. The summed E-state index contributed by atoms with van der Waals surface area (Å²) in [5.74, 6) is 2.24. The molecule has 2 atom stereocenters. The zero-order valence-corrected chi connectivity index (χ0v) is 24.5. The number of aryl methyl sites for hydroxylation is 2. The van der Waals surface area contributed by atoms with Crippen molar-refractivity contribution in [1.82, 2.24) is 9.55 Å². The predicted octanol–water partition coefficient (Wildman–Crippen LogP) is 7.90. The van der Waals surface area contributed by atoms with Gasteiger partial charge in [0.15, 0.2) is 0 Å². The van der Waals surface area contributed by atoms with E-state index in [9.17, 15) is 14.0 Å². The number of rotatable bonds is 11. The van der Waals surface area contributed by atoms with Gasteiger partial charge in [-0.25, -0.2) is 9.37 Å². The molecule has 5 nitrogen and oxygen atoms in total. The van der Waals surface area contributed by atoms with Gasteiger partial charge in [-0.1, -0.05) is 30.3 Å². The van der Waals surface area contributed by atoms with Gasteiger partial charge in [0.2, 0.25) is 0 Å². The lowest BCUT2D eigenvalue weighted by molar-refractivity contribution is -0.123. The first kappa shape index (κ1) is 29.4. The van der Waals surface area contributed by atoms with Crippen molar-refractivity contribution >= 4 is 11.6 Å². The topological polar surface area (TPSA) is 61.2 Å². The number of hydrogen-bond acceptors (Lipinski definition) is 4. The van der Waals surface area contributed by atoms with Gasteiger partial charge in [-0.3, -0.25) is 9.59 Å². The van der Waals surface area contributed by atoms with Gasteiger partial charge < -0.3 is 9.30 Å². The number of para-hydroxylation sites is 1. The summed E-state index contributed by atoms with van der Waals surface area (Å²) in [7, 11) is 1.67. The molecule has 0 bridgehead atoms. The van der Waals surface area contributed by atoms with Crippen LogP contribution in [-0.2, 0) is 22.4 Å². The maximum atomic E-state index is 13.9. The van der Waals surface area contributed by atoms with E-state index < -0.39 is 0 Å². The Balaban J connectivity index is 1.19. The fourth-order valence-corrected chi connectivity index (χ4v) is 5.98. The molecule has 0 spiro atoms. The molecule has 2 unspecified atom stereocenters. The van der Waals surface area contributed by atoms with Crippen LogP contribution in [0.2, 0.25) is 0 Å². The van der Waals surface area contributed by atoms with E-state index >= 15 is 0 Å². The average Bonchev–Trinajstić information content (AvgIpc) is 3.34. The molecule has 1 saturated carbocycles.